The minimum absolute atomic E-state index is 0.0110. The number of rotatable bonds is 16. The van der Waals surface area contributed by atoms with Crippen molar-refractivity contribution in [2.45, 2.75) is 116 Å². The van der Waals surface area contributed by atoms with Crippen molar-refractivity contribution < 1.29 is 4.12 Å². The van der Waals surface area contributed by atoms with E-state index < -0.39 is 16.6 Å². The normalized spacial score (nSPS) is 13.0. The Morgan fingerprint density at radius 2 is 0.891 bits per heavy atom. The molecule has 0 saturated carbocycles. The maximum atomic E-state index is 7.56. The third-order valence-corrected chi connectivity index (χ3v) is 24.2. The highest BCUT2D eigenvalue weighted by Gasteiger charge is 2.50. The molecule has 0 fully saturated rings. The van der Waals surface area contributed by atoms with Gasteiger partial charge in [0.05, 0.1) is 22.1 Å². The van der Waals surface area contributed by atoms with Crippen LogP contribution >= 0.6 is 31.9 Å². The Hall–Kier alpha value is -2.83. The maximum Gasteiger partial charge on any atom is 0.179 e. The Morgan fingerprint density at radius 1 is 0.545 bits per heavy atom. The molecule has 0 radical (unpaired) electrons. The van der Waals surface area contributed by atoms with E-state index in [4.69, 9.17) is 14.1 Å². The lowest BCUT2D eigenvalue weighted by Gasteiger charge is -2.49. The Labute approximate surface area is 348 Å². The van der Waals surface area contributed by atoms with Crippen LogP contribution in [0.1, 0.15) is 75.4 Å². The van der Waals surface area contributed by atoms with Gasteiger partial charge in [-0.1, -0.05) is 110 Å². The summed E-state index contributed by atoms with van der Waals surface area (Å²) in [6.45, 7) is 23.9. The van der Waals surface area contributed by atoms with E-state index >= 15 is 0 Å². The minimum atomic E-state index is -2.21. The zero-order chi connectivity index (χ0) is 39.8. The summed E-state index contributed by atoms with van der Waals surface area (Å²) in [6.07, 6.45) is 5.74. The molecule has 0 unspecified atom stereocenters. The predicted molar refractivity (Wildman–Crippen MR) is 247 cm³/mol. The molecule has 2 heterocycles. The molecule has 2 aromatic heterocycles. The number of halogens is 2. The van der Waals surface area contributed by atoms with Crippen LogP contribution in [0.3, 0.4) is 0 Å². The lowest BCUT2D eigenvalue weighted by Crippen LogP contribution is -2.55. The van der Waals surface area contributed by atoms with Crippen molar-refractivity contribution >= 4 is 70.6 Å². The summed E-state index contributed by atoms with van der Waals surface area (Å²) in [7, 11) is -4.41. The molecule has 5 nitrogen and oxygen atoms in total. The van der Waals surface area contributed by atoms with Crippen LogP contribution in [-0.2, 0) is 42.6 Å². The number of imidazole rings is 2. The highest BCUT2D eigenvalue weighted by Crippen LogP contribution is 2.48. The van der Waals surface area contributed by atoms with Crippen molar-refractivity contribution in [2.24, 2.45) is 0 Å². The number of hydrogen-bond acceptors (Lipinski definition) is 3. The molecule has 0 aliphatic heterocycles. The fraction of sp³-hybridized carbons (Fsp3) is 0.435. The molecule has 0 spiro atoms. The van der Waals surface area contributed by atoms with Crippen molar-refractivity contribution in [3.05, 3.63) is 119 Å². The predicted octanol–water partition coefficient (Wildman–Crippen LogP) is 13.1. The molecule has 0 amide bonds. The summed E-state index contributed by atoms with van der Waals surface area (Å²) >= 11 is 7.14. The molecule has 0 N–H and O–H groups in total. The van der Waals surface area contributed by atoms with Crippen molar-refractivity contribution in [3.8, 4) is 11.4 Å². The Bertz CT molecular complexity index is 2090. The molecule has 4 aromatic carbocycles. The molecule has 0 saturated heterocycles. The van der Waals surface area contributed by atoms with Crippen LogP contribution in [0.4, 0.5) is 0 Å². The van der Waals surface area contributed by atoms with Crippen LogP contribution in [-0.4, -0.2) is 46.4 Å². The molecule has 0 aliphatic carbocycles. The van der Waals surface area contributed by atoms with Crippen LogP contribution in [0.25, 0.3) is 33.4 Å². The molecule has 0 aliphatic rings. The van der Waals surface area contributed by atoms with E-state index in [1.54, 1.807) is 0 Å². The van der Waals surface area contributed by atoms with Gasteiger partial charge < -0.3 is 4.12 Å². The highest BCUT2D eigenvalue weighted by molar-refractivity contribution is 9.09. The summed E-state index contributed by atoms with van der Waals surface area (Å²) in [5, 5.41) is 1.97. The fourth-order valence-electron chi connectivity index (χ4n) is 7.82. The van der Waals surface area contributed by atoms with Gasteiger partial charge in [-0.3, -0.25) is 9.13 Å². The standard InChI is InChI=1S/C46H60Br2N4OSi2/c1-11-43-49-39-29-35(17-23-41(39)51(43)37-19-13-33(14-20-37)25-27-47)31-45(3,4)54(7,8)53-55(9,10)46(5,6)32-36-18-24-42-40(30-36)50-44(12-2)52(42)38-21-15-34(16-22-38)26-28-48/h13-24,29-30H,11-12,25-28,31-32H2,1-10H3. The van der Waals surface area contributed by atoms with Crippen molar-refractivity contribution in [3.63, 3.8) is 0 Å². The molecule has 0 bridgehead atoms. The molecular formula is C46H60Br2N4OSi2. The Kier molecular flexibility index (Phi) is 12.6. The van der Waals surface area contributed by atoms with E-state index in [0.717, 1.165) is 71.9 Å². The van der Waals surface area contributed by atoms with E-state index in [0.29, 0.717) is 0 Å². The highest BCUT2D eigenvalue weighted by atomic mass is 79.9. The second-order valence-electron chi connectivity index (χ2n) is 17.5. The van der Waals surface area contributed by atoms with Gasteiger partial charge in [-0.2, -0.15) is 0 Å². The van der Waals surface area contributed by atoms with E-state index in [1.807, 2.05) is 0 Å². The molecule has 0 atom stereocenters. The van der Waals surface area contributed by atoms with Gasteiger partial charge >= 0.3 is 0 Å². The second-order valence-corrected chi connectivity index (χ2v) is 28.7. The Morgan fingerprint density at radius 3 is 1.22 bits per heavy atom. The lowest BCUT2D eigenvalue weighted by molar-refractivity contribution is 0.427. The SMILES string of the molecule is CCc1nc2cc(CC(C)(C)[Si](C)(C)O[Si](C)(C)C(C)(C)Cc3ccc4c(c3)nc(CC)n4-c3ccc(CCBr)cc3)ccc2n1-c1ccc(CCBr)cc1. The van der Waals surface area contributed by atoms with Crippen LogP contribution < -0.4 is 0 Å². The number of alkyl halides is 2. The minimum Gasteiger partial charge on any atom is -0.455 e. The summed E-state index contributed by atoms with van der Waals surface area (Å²) < 4.78 is 12.2. The van der Waals surface area contributed by atoms with Gasteiger partial charge in [0.25, 0.3) is 0 Å². The van der Waals surface area contributed by atoms with Gasteiger partial charge in [0, 0.05) is 34.9 Å². The average Bonchev–Trinajstić information content (AvgIpc) is 3.69. The second kappa shape index (κ2) is 16.6. The van der Waals surface area contributed by atoms with Crippen LogP contribution in [0.5, 0.6) is 0 Å². The summed E-state index contributed by atoms with van der Waals surface area (Å²) in [6, 6.07) is 31.7. The summed E-state index contributed by atoms with van der Waals surface area (Å²) in [5.74, 6) is 2.20. The van der Waals surface area contributed by atoms with E-state index in [-0.39, 0.29) is 10.1 Å². The van der Waals surface area contributed by atoms with Gasteiger partial charge in [-0.25, -0.2) is 9.97 Å². The van der Waals surface area contributed by atoms with E-state index in [1.165, 1.54) is 44.7 Å². The topological polar surface area (TPSA) is 44.9 Å². The summed E-state index contributed by atoms with van der Waals surface area (Å²) in [5.41, 5.74) is 12.2. The molecular weight excluding hydrogens is 841 g/mol. The van der Waals surface area contributed by atoms with Gasteiger partial charge in [0.2, 0.25) is 0 Å². The number of nitrogens with zero attached hydrogens (tertiary/aromatic N) is 4. The smallest absolute Gasteiger partial charge is 0.179 e. The number of fused-ring (bicyclic) bond motifs is 2. The zero-order valence-corrected chi connectivity index (χ0v) is 39.9. The molecule has 6 rings (SSSR count). The lowest BCUT2D eigenvalue weighted by atomic mass is 10.0. The number of aryl methyl sites for hydroxylation is 4. The largest absolute Gasteiger partial charge is 0.455 e. The maximum absolute atomic E-state index is 7.56. The number of aromatic nitrogens is 4. The number of benzene rings is 4. The third kappa shape index (κ3) is 8.71. The summed E-state index contributed by atoms with van der Waals surface area (Å²) in [4.78, 5) is 10.3. The first kappa shape index (κ1) is 41.8. The Balaban J connectivity index is 1.19. The van der Waals surface area contributed by atoms with Crippen LogP contribution in [0.2, 0.25) is 36.3 Å². The fourth-order valence-corrected chi connectivity index (χ4v) is 17.3. The first-order valence-corrected chi connectivity index (χ1v) is 28.1. The average molecular weight is 901 g/mol. The number of hydrogen-bond donors (Lipinski definition) is 0. The van der Waals surface area contributed by atoms with Crippen molar-refractivity contribution in [1.29, 1.82) is 0 Å². The van der Waals surface area contributed by atoms with Gasteiger partial charge in [0.1, 0.15) is 11.6 Å². The monoisotopic (exact) mass is 898 g/mol. The molecule has 55 heavy (non-hydrogen) atoms. The van der Waals surface area contributed by atoms with Crippen molar-refractivity contribution in [2.75, 3.05) is 10.7 Å². The van der Waals surface area contributed by atoms with Gasteiger partial charge in [-0.15, -0.1) is 0 Å². The molecule has 6 aromatic rings. The van der Waals surface area contributed by atoms with Crippen LogP contribution in [0, 0.1) is 0 Å². The zero-order valence-electron chi connectivity index (χ0n) is 34.7. The van der Waals surface area contributed by atoms with E-state index in [9.17, 15) is 0 Å². The quantitative estimate of drug-likeness (QED) is 0.0718. The first-order chi connectivity index (χ1) is 26.0. The van der Waals surface area contributed by atoms with Crippen LogP contribution in [0.15, 0.2) is 84.9 Å². The van der Waals surface area contributed by atoms with Gasteiger partial charge in [0.15, 0.2) is 16.6 Å². The third-order valence-electron chi connectivity index (χ3n) is 12.4. The molecule has 9 heteroatoms. The van der Waals surface area contributed by atoms with Crippen molar-refractivity contribution in [1.82, 2.24) is 19.1 Å². The van der Waals surface area contributed by atoms with E-state index in [2.05, 4.69) is 194 Å². The first-order valence-electron chi connectivity index (χ1n) is 20.0. The van der Waals surface area contributed by atoms with Gasteiger partial charge in [-0.05, 0) is 133 Å². The molecule has 292 valence electrons.